The van der Waals surface area contributed by atoms with Gasteiger partial charge in [-0.1, -0.05) is 12.1 Å². The number of rotatable bonds is 6. The molecule has 5 nitrogen and oxygen atoms in total. The molecule has 3 aromatic rings. The van der Waals surface area contributed by atoms with Crippen molar-refractivity contribution < 1.29 is 4.79 Å². The van der Waals surface area contributed by atoms with Crippen LogP contribution < -0.4 is 15.1 Å². The Morgan fingerprint density at radius 1 is 0.964 bits per heavy atom. The third-order valence-electron chi connectivity index (χ3n) is 4.57. The Bertz CT molecular complexity index is 951. The lowest BCUT2D eigenvalue weighted by Crippen LogP contribution is -2.18. The van der Waals surface area contributed by atoms with E-state index in [1.54, 1.807) is 12.4 Å². The summed E-state index contributed by atoms with van der Waals surface area (Å²) in [5, 5.41) is 2.94. The van der Waals surface area contributed by atoms with Gasteiger partial charge in [-0.05, 0) is 61.9 Å². The largest absolute Gasteiger partial charge is 0.378 e. The maximum atomic E-state index is 12.7. The van der Waals surface area contributed by atoms with Gasteiger partial charge >= 0.3 is 0 Å². The van der Waals surface area contributed by atoms with Crippen LogP contribution >= 0.6 is 0 Å². The second-order valence-corrected chi connectivity index (χ2v) is 6.91. The molecule has 1 aromatic heterocycles. The maximum absolute atomic E-state index is 12.7. The lowest BCUT2D eigenvalue weighted by atomic mass is 10.1. The van der Waals surface area contributed by atoms with Gasteiger partial charge in [-0.15, -0.1) is 0 Å². The Balaban J connectivity index is 1.80. The molecule has 0 spiro atoms. The van der Waals surface area contributed by atoms with Crippen molar-refractivity contribution >= 4 is 28.7 Å². The lowest BCUT2D eigenvalue weighted by Gasteiger charge is -2.23. The quantitative estimate of drug-likeness (QED) is 0.669. The van der Waals surface area contributed by atoms with Gasteiger partial charge in [0.25, 0.3) is 5.91 Å². The second kappa shape index (κ2) is 8.57. The Hall–Kier alpha value is -3.34. The van der Waals surface area contributed by atoms with Gasteiger partial charge in [0.2, 0.25) is 0 Å². The molecule has 28 heavy (non-hydrogen) atoms. The van der Waals surface area contributed by atoms with Gasteiger partial charge in [-0.2, -0.15) is 0 Å². The molecule has 0 aliphatic heterocycles. The van der Waals surface area contributed by atoms with Crippen LogP contribution in [0.15, 0.2) is 67.0 Å². The fourth-order valence-electron chi connectivity index (χ4n) is 3.06. The fraction of sp³-hybridized carbons (Fsp3) is 0.217. The molecular weight excluding hydrogens is 348 g/mol. The van der Waals surface area contributed by atoms with Crippen molar-refractivity contribution in [3.63, 3.8) is 0 Å². The van der Waals surface area contributed by atoms with Crippen LogP contribution in [0, 0.1) is 6.92 Å². The van der Waals surface area contributed by atoms with E-state index in [9.17, 15) is 4.79 Å². The highest BCUT2D eigenvalue weighted by molar-refractivity contribution is 6.04. The Morgan fingerprint density at radius 2 is 1.71 bits per heavy atom. The minimum Gasteiger partial charge on any atom is -0.378 e. The van der Waals surface area contributed by atoms with E-state index in [4.69, 9.17) is 0 Å². The number of amides is 1. The van der Waals surface area contributed by atoms with E-state index < -0.39 is 0 Å². The number of aryl methyl sites for hydroxylation is 1. The first-order valence-electron chi connectivity index (χ1n) is 9.36. The molecule has 0 fully saturated rings. The molecule has 0 atom stereocenters. The number of nitrogens with one attached hydrogen (secondary N) is 1. The minimum absolute atomic E-state index is 0.174. The van der Waals surface area contributed by atoms with Gasteiger partial charge in [-0.3, -0.25) is 9.78 Å². The van der Waals surface area contributed by atoms with Crippen LogP contribution in [0.5, 0.6) is 0 Å². The summed E-state index contributed by atoms with van der Waals surface area (Å²) in [5.74, 6) is -0.174. The molecule has 5 heteroatoms. The zero-order chi connectivity index (χ0) is 20.1. The number of carbonyl (C=O) groups excluding carboxylic acids is 1. The van der Waals surface area contributed by atoms with Gasteiger partial charge in [-0.25, -0.2) is 0 Å². The van der Waals surface area contributed by atoms with Crippen molar-refractivity contribution in [3.8, 4) is 0 Å². The van der Waals surface area contributed by atoms with Crippen LogP contribution in [0.25, 0.3) is 0 Å². The average molecular weight is 374 g/mol. The van der Waals surface area contributed by atoms with Crippen molar-refractivity contribution in [3.05, 3.63) is 78.1 Å². The highest BCUT2D eigenvalue weighted by Gasteiger charge is 2.12. The van der Waals surface area contributed by atoms with E-state index in [0.717, 1.165) is 29.3 Å². The van der Waals surface area contributed by atoms with Gasteiger partial charge in [0.05, 0.1) is 17.4 Å². The Kier molecular flexibility index (Phi) is 5.94. The molecule has 0 aliphatic carbocycles. The lowest BCUT2D eigenvalue weighted by molar-refractivity contribution is 0.102. The molecule has 0 radical (unpaired) electrons. The van der Waals surface area contributed by atoms with Crippen molar-refractivity contribution in [1.29, 1.82) is 0 Å². The summed E-state index contributed by atoms with van der Waals surface area (Å²) in [4.78, 5) is 21.2. The van der Waals surface area contributed by atoms with E-state index in [1.807, 2.05) is 55.4 Å². The molecule has 2 aromatic carbocycles. The van der Waals surface area contributed by atoms with Gasteiger partial charge in [0.1, 0.15) is 0 Å². The van der Waals surface area contributed by atoms with Crippen LogP contribution in [0.2, 0.25) is 0 Å². The first kappa shape index (κ1) is 19.4. The number of pyridine rings is 1. The monoisotopic (exact) mass is 374 g/mol. The summed E-state index contributed by atoms with van der Waals surface area (Å²) in [5.41, 5.74) is 5.54. The molecule has 1 N–H and O–H groups in total. The second-order valence-electron chi connectivity index (χ2n) is 6.91. The van der Waals surface area contributed by atoms with Crippen molar-refractivity contribution in [2.75, 3.05) is 35.8 Å². The molecule has 0 bridgehead atoms. The summed E-state index contributed by atoms with van der Waals surface area (Å²) in [7, 11) is 3.97. The van der Waals surface area contributed by atoms with Crippen LogP contribution in [0.4, 0.5) is 22.7 Å². The molecule has 0 aliphatic rings. The van der Waals surface area contributed by atoms with E-state index in [0.29, 0.717) is 5.56 Å². The molecule has 1 amide bonds. The van der Waals surface area contributed by atoms with E-state index in [-0.39, 0.29) is 5.91 Å². The third kappa shape index (κ3) is 4.49. The molecule has 144 valence electrons. The number of hydrogen-bond donors (Lipinski definition) is 1. The predicted octanol–water partition coefficient (Wildman–Crippen LogP) is 4.87. The summed E-state index contributed by atoms with van der Waals surface area (Å²) in [6.45, 7) is 4.94. The summed E-state index contributed by atoms with van der Waals surface area (Å²) in [6.07, 6.45) is 3.38. The highest BCUT2D eigenvalue weighted by Crippen LogP contribution is 2.26. The first-order valence-corrected chi connectivity index (χ1v) is 9.36. The van der Waals surface area contributed by atoms with E-state index in [1.165, 1.54) is 5.56 Å². The molecule has 0 unspecified atom stereocenters. The van der Waals surface area contributed by atoms with Gasteiger partial charge < -0.3 is 15.1 Å². The zero-order valence-corrected chi connectivity index (χ0v) is 16.8. The smallest absolute Gasteiger partial charge is 0.257 e. The van der Waals surface area contributed by atoms with Crippen LogP contribution in [-0.2, 0) is 0 Å². The normalized spacial score (nSPS) is 10.4. The summed E-state index contributed by atoms with van der Waals surface area (Å²) >= 11 is 0. The number of hydrogen-bond acceptors (Lipinski definition) is 4. The zero-order valence-electron chi connectivity index (χ0n) is 16.8. The Morgan fingerprint density at radius 3 is 2.36 bits per heavy atom. The highest BCUT2D eigenvalue weighted by atomic mass is 16.1. The van der Waals surface area contributed by atoms with Crippen molar-refractivity contribution in [1.82, 2.24) is 4.98 Å². The van der Waals surface area contributed by atoms with E-state index >= 15 is 0 Å². The van der Waals surface area contributed by atoms with Crippen molar-refractivity contribution in [2.24, 2.45) is 0 Å². The molecular formula is C23H26N4O. The third-order valence-corrected chi connectivity index (χ3v) is 4.57. The number of aromatic nitrogens is 1. The Labute approximate surface area is 166 Å². The standard InChI is InChI=1S/C23H26N4O/c1-5-27(21-8-6-7-17(2)13-21)22-14-18(15-24-16-22)23(28)25-19-9-11-20(12-10-19)26(3)4/h6-16H,5H2,1-4H3,(H,25,28). The fourth-order valence-corrected chi connectivity index (χ4v) is 3.06. The minimum atomic E-state index is -0.174. The topological polar surface area (TPSA) is 48.5 Å². The van der Waals surface area contributed by atoms with Crippen molar-refractivity contribution in [2.45, 2.75) is 13.8 Å². The van der Waals surface area contributed by atoms with Gasteiger partial charge in [0, 0.05) is 43.9 Å². The van der Waals surface area contributed by atoms with Crippen LogP contribution in [0.3, 0.4) is 0 Å². The van der Waals surface area contributed by atoms with Crippen LogP contribution in [-0.4, -0.2) is 31.5 Å². The summed E-state index contributed by atoms with van der Waals surface area (Å²) in [6, 6.07) is 17.9. The number of benzene rings is 2. The maximum Gasteiger partial charge on any atom is 0.257 e. The summed E-state index contributed by atoms with van der Waals surface area (Å²) < 4.78 is 0. The van der Waals surface area contributed by atoms with Gasteiger partial charge in [0.15, 0.2) is 0 Å². The first-order chi connectivity index (χ1) is 13.5. The van der Waals surface area contributed by atoms with Crippen LogP contribution in [0.1, 0.15) is 22.8 Å². The van der Waals surface area contributed by atoms with E-state index in [2.05, 4.69) is 47.2 Å². The molecule has 0 saturated heterocycles. The number of anilines is 4. The molecule has 1 heterocycles. The predicted molar refractivity (Wildman–Crippen MR) is 117 cm³/mol. The number of nitrogens with zero attached hydrogens (tertiary/aromatic N) is 3. The molecule has 3 rings (SSSR count). The number of carbonyl (C=O) groups is 1. The molecule has 0 saturated carbocycles. The SMILES string of the molecule is CCN(c1cccc(C)c1)c1cncc(C(=O)Nc2ccc(N(C)C)cc2)c1. The average Bonchev–Trinajstić information content (AvgIpc) is 2.69.